The van der Waals surface area contributed by atoms with Crippen LogP contribution in [0, 0.1) is 0 Å². The second kappa shape index (κ2) is 13.8. The van der Waals surface area contributed by atoms with Crippen LogP contribution in [-0.4, -0.2) is 61.8 Å². The van der Waals surface area contributed by atoms with Crippen LogP contribution in [0.1, 0.15) is 88.8 Å². The Morgan fingerprint density at radius 2 is 1.57 bits per heavy atom. The summed E-state index contributed by atoms with van der Waals surface area (Å²) in [4.78, 5) is 42.8. The van der Waals surface area contributed by atoms with Gasteiger partial charge in [-0.2, -0.15) is 0 Å². The zero-order valence-corrected chi connectivity index (χ0v) is 31.9. The molecule has 2 aliphatic rings. The minimum atomic E-state index is -3.18. The molecule has 4 atom stereocenters. The first-order valence-electron chi connectivity index (χ1n) is 16.3. The molecule has 1 aromatic heterocycles. The van der Waals surface area contributed by atoms with Crippen molar-refractivity contribution in [1.82, 2.24) is 9.55 Å². The fourth-order valence-electron chi connectivity index (χ4n) is 6.79. The molecule has 13 heteroatoms. The van der Waals surface area contributed by atoms with Crippen molar-refractivity contribution in [3.63, 3.8) is 0 Å². The number of aromatic nitrogens is 2. The van der Waals surface area contributed by atoms with Crippen molar-refractivity contribution >= 4 is 34.9 Å². The van der Waals surface area contributed by atoms with E-state index in [1.54, 1.807) is 0 Å². The first kappa shape index (κ1) is 36.8. The van der Waals surface area contributed by atoms with Crippen LogP contribution in [0.3, 0.4) is 0 Å². The van der Waals surface area contributed by atoms with Gasteiger partial charge in [0, 0.05) is 17.2 Å². The van der Waals surface area contributed by atoms with Crippen molar-refractivity contribution in [2.45, 2.75) is 138 Å². The predicted octanol–water partition coefficient (Wildman–Crippen LogP) is 6.65. The van der Waals surface area contributed by atoms with Gasteiger partial charge in [-0.1, -0.05) is 73.6 Å². The maximum absolute atomic E-state index is 13.9. The van der Waals surface area contributed by atoms with Gasteiger partial charge in [-0.3, -0.25) is 19.1 Å². The molecule has 4 rings (SSSR count). The van der Waals surface area contributed by atoms with Gasteiger partial charge in [0.2, 0.25) is 0 Å². The number of benzene rings is 1. The molecule has 0 aliphatic carbocycles. The minimum absolute atomic E-state index is 0.0232. The molecule has 46 heavy (non-hydrogen) atoms. The Bertz CT molecular complexity index is 1460. The predicted molar refractivity (Wildman–Crippen MR) is 185 cm³/mol. The number of hydrogen-bond acceptors (Lipinski definition) is 9. The van der Waals surface area contributed by atoms with Crippen molar-refractivity contribution in [3.8, 4) is 0 Å². The third kappa shape index (κ3) is 7.20. The molecule has 0 saturated carbocycles. The van der Waals surface area contributed by atoms with Gasteiger partial charge in [-0.15, -0.1) is 11.8 Å². The van der Waals surface area contributed by atoms with E-state index in [2.05, 4.69) is 60.4 Å². The molecule has 1 N–H and O–H groups in total. The van der Waals surface area contributed by atoms with E-state index in [0.717, 1.165) is 4.90 Å². The van der Waals surface area contributed by atoms with Crippen molar-refractivity contribution in [3.05, 3.63) is 63.4 Å². The third-order valence-electron chi connectivity index (χ3n) is 8.86. The number of hydrogen-bond donors (Lipinski definition) is 1. The van der Waals surface area contributed by atoms with Crippen LogP contribution in [0.2, 0.25) is 22.2 Å². The van der Waals surface area contributed by atoms with Gasteiger partial charge >= 0.3 is 28.8 Å². The molecule has 0 bridgehead atoms. The maximum atomic E-state index is 13.9. The second-order valence-corrected chi connectivity index (χ2v) is 25.0. The van der Waals surface area contributed by atoms with E-state index < -0.39 is 63.1 Å². The van der Waals surface area contributed by atoms with Gasteiger partial charge in [0.15, 0.2) is 6.23 Å². The summed E-state index contributed by atoms with van der Waals surface area (Å²) < 4.78 is 35.0. The van der Waals surface area contributed by atoms with Crippen molar-refractivity contribution in [2.24, 2.45) is 0 Å². The molecular formula is C33H52N2O8SSi2. The minimum Gasteiger partial charge on any atom is -0.460 e. The first-order valence-corrected chi connectivity index (χ1v) is 21.1. The summed E-state index contributed by atoms with van der Waals surface area (Å²) in [5, 5.41) is 0. The number of thioether (sulfide) groups is 1. The summed E-state index contributed by atoms with van der Waals surface area (Å²) in [5.41, 5.74) is -1.62. The quantitative estimate of drug-likeness (QED) is 0.228. The zero-order chi connectivity index (χ0) is 34.2. The standard InChI is InChI=1S/C33H52N2O8SSi2/c1-21(2)45(22(3)4)39-20-26-29(42-46(43-45,23(5)6)24(7)8)33(19-28(37)41-32(9,10)11,44-25-15-13-12-14-16-25)30(40-26)35-18-17-27(36)34-31(35)38/h12-18,21-24,26,29-30H,19-20H2,1-11H3,(H,34,36,38)/t26-,29-,30-,33-/m1/s1. The summed E-state index contributed by atoms with van der Waals surface area (Å²) >= 11 is 1.43. The summed E-state index contributed by atoms with van der Waals surface area (Å²) in [6.45, 7) is 22.8. The molecule has 0 unspecified atom stereocenters. The summed E-state index contributed by atoms with van der Waals surface area (Å²) in [6.07, 6.45) is -1.13. The number of nitrogens with one attached hydrogen (secondary N) is 1. The highest BCUT2D eigenvalue weighted by molar-refractivity contribution is 8.00. The molecule has 2 fully saturated rings. The number of esters is 1. The number of rotatable bonds is 9. The largest absolute Gasteiger partial charge is 0.460 e. The van der Waals surface area contributed by atoms with Gasteiger partial charge in [0.05, 0.1) is 19.1 Å². The number of ether oxygens (including phenoxy) is 2. The Morgan fingerprint density at radius 1 is 0.978 bits per heavy atom. The zero-order valence-electron chi connectivity index (χ0n) is 29.1. The highest BCUT2D eigenvalue weighted by atomic mass is 32.2. The Morgan fingerprint density at radius 3 is 2.09 bits per heavy atom. The third-order valence-corrected chi connectivity index (χ3v) is 20.6. The molecule has 0 amide bonds. The molecule has 2 aliphatic heterocycles. The number of carbonyl (C=O) groups excluding carboxylic acids is 1. The Hall–Kier alpha value is -2.01. The van der Waals surface area contributed by atoms with Crippen LogP contribution in [0.4, 0.5) is 0 Å². The molecule has 1 aromatic carbocycles. The van der Waals surface area contributed by atoms with E-state index in [4.69, 9.17) is 22.4 Å². The van der Waals surface area contributed by atoms with Crippen LogP contribution >= 0.6 is 11.8 Å². The van der Waals surface area contributed by atoms with Crippen molar-refractivity contribution < 1.29 is 27.2 Å². The van der Waals surface area contributed by atoms with E-state index in [9.17, 15) is 14.4 Å². The SMILES string of the molecule is CC(C)[Si]1(C(C)C)OC[C@H]2O[C@@H](n3ccc(=O)[nH]c3=O)[C@](CC(=O)OC(C)(C)C)(Sc3ccccc3)[C@@H]2O[Si](C(C)C)(C(C)C)O1. The van der Waals surface area contributed by atoms with Gasteiger partial charge in [-0.05, 0) is 55.1 Å². The molecular weight excluding hydrogens is 641 g/mol. The van der Waals surface area contributed by atoms with Crippen LogP contribution in [0.5, 0.6) is 0 Å². The van der Waals surface area contributed by atoms with E-state index >= 15 is 0 Å². The normalized spacial score (nSPS) is 26.3. The summed E-state index contributed by atoms with van der Waals surface area (Å²) in [7, 11) is -6.08. The fourth-order valence-corrected chi connectivity index (χ4v) is 19.6. The van der Waals surface area contributed by atoms with Gasteiger partial charge in [0.25, 0.3) is 5.56 Å². The topological polar surface area (TPSA) is 118 Å². The number of aromatic amines is 1. The molecule has 256 valence electrons. The number of nitrogens with zero attached hydrogens (tertiary/aromatic N) is 1. The smallest absolute Gasteiger partial charge is 0.335 e. The highest BCUT2D eigenvalue weighted by Gasteiger charge is 2.67. The molecule has 2 saturated heterocycles. The van der Waals surface area contributed by atoms with E-state index in [-0.39, 0.29) is 35.2 Å². The average Bonchev–Trinajstić information content (AvgIpc) is 3.18. The Balaban J connectivity index is 2.02. The van der Waals surface area contributed by atoms with Gasteiger partial charge < -0.3 is 22.4 Å². The second-order valence-electron chi connectivity index (χ2n) is 14.7. The van der Waals surface area contributed by atoms with Crippen molar-refractivity contribution in [2.75, 3.05) is 6.61 Å². The molecule has 0 spiro atoms. The van der Waals surface area contributed by atoms with Crippen LogP contribution in [0.15, 0.2) is 57.1 Å². The van der Waals surface area contributed by atoms with E-state index in [1.165, 1.54) is 28.6 Å². The first-order chi connectivity index (χ1) is 21.4. The van der Waals surface area contributed by atoms with Crippen LogP contribution in [0.25, 0.3) is 0 Å². The van der Waals surface area contributed by atoms with Gasteiger partial charge in [-0.25, -0.2) is 4.79 Å². The van der Waals surface area contributed by atoms with Crippen LogP contribution in [-0.2, 0) is 27.2 Å². The number of H-pyrrole nitrogens is 1. The lowest BCUT2D eigenvalue weighted by molar-refractivity contribution is -0.156. The van der Waals surface area contributed by atoms with Crippen LogP contribution < -0.4 is 11.2 Å². The van der Waals surface area contributed by atoms with E-state index in [0.29, 0.717) is 0 Å². The molecule has 0 radical (unpaired) electrons. The van der Waals surface area contributed by atoms with Gasteiger partial charge in [0.1, 0.15) is 16.5 Å². The summed E-state index contributed by atoms with van der Waals surface area (Å²) in [5.74, 6) is -0.454. The molecule has 2 aromatic rings. The maximum Gasteiger partial charge on any atom is 0.335 e. The summed E-state index contributed by atoms with van der Waals surface area (Å²) in [6, 6.07) is 11.0. The lowest BCUT2D eigenvalue weighted by Crippen LogP contribution is -2.67. The van der Waals surface area contributed by atoms with E-state index in [1.807, 2.05) is 51.1 Å². The number of fused-ring (bicyclic) bond motifs is 1. The average molecular weight is 693 g/mol. The monoisotopic (exact) mass is 692 g/mol. The number of carbonyl (C=O) groups is 1. The molecule has 3 heterocycles. The lowest BCUT2D eigenvalue weighted by atomic mass is 9.94. The fraction of sp³-hybridized carbons (Fsp3) is 0.667. The highest BCUT2D eigenvalue weighted by Crippen LogP contribution is 2.57. The Kier molecular flexibility index (Phi) is 11.1. The molecule has 10 nitrogen and oxygen atoms in total. The Labute approximate surface area is 279 Å². The van der Waals surface area contributed by atoms with Crippen molar-refractivity contribution in [1.29, 1.82) is 0 Å². The lowest BCUT2D eigenvalue weighted by Gasteiger charge is -2.52.